The van der Waals surface area contributed by atoms with Crippen LogP contribution in [0.1, 0.15) is 52.9 Å². The van der Waals surface area contributed by atoms with E-state index in [-0.39, 0.29) is 6.09 Å². The van der Waals surface area contributed by atoms with Gasteiger partial charge in [-0.05, 0) is 46.5 Å². The lowest BCUT2D eigenvalue weighted by Gasteiger charge is -2.24. The third-order valence-corrected chi connectivity index (χ3v) is 2.90. The maximum absolute atomic E-state index is 11.6. The molecule has 1 aliphatic rings. The average Bonchev–Trinajstić information content (AvgIpc) is 3.04. The Balaban J connectivity index is 2.10. The number of carbonyl (C=O) groups is 2. The smallest absolute Gasteiger partial charge is 0.410 e. The van der Waals surface area contributed by atoms with Gasteiger partial charge in [-0.1, -0.05) is 0 Å². The van der Waals surface area contributed by atoms with Gasteiger partial charge >= 0.3 is 6.09 Å². The Bertz CT molecular complexity index is 303. The van der Waals surface area contributed by atoms with Crippen LogP contribution in [0.3, 0.4) is 0 Å². The molecule has 0 aromatic rings. The van der Waals surface area contributed by atoms with Crippen molar-refractivity contribution >= 4 is 11.9 Å². The molecule has 0 heterocycles. The van der Waals surface area contributed by atoms with Crippen molar-refractivity contribution < 1.29 is 14.3 Å². The second kappa shape index (κ2) is 6.21. The number of Topliss-reactive ketones (excluding diaryl/α,β-unsaturated/α-hetero) is 1. The van der Waals surface area contributed by atoms with E-state index in [0.717, 1.165) is 25.7 Å². The molecule has 104 valence electrons. The highest BCUT2D eigenvalue weighted by atomic mass is 16.6. The van der Waals surface area contributed by atoms with Crippen LogP contribution in [0.15, 0.2) is 0 Å². The largest absolute Gasteiger partial charge is 0.444 e. The summed E-state index contributed by atoms with van der Waals surface area (Å²) in [6.45, 7) is 6.21. The van der Waals surface area contributed by atoms with Gasteiger partial charge in [-0.2, -0.15) is 0 Å². The van der Waals surface area contributed by atoms with Gasteiger partial charge in [-0.15, -0.1) is 0 Å². The van der Waals surface area contributed by atoms with Crippen molar-refractivity contribution in [3.8, 4) is 0 Å². The zero-order valence-electron chi connectivity index (χ0n) is 12.0. The molecule has 1 saturated carbocycles. The maximum atomic E-state index is 11.6. The van der Waals surface area contributed by atoms with Gasteiger partial charge in [0.25, 0.3) is 0 Å². The number of nitrogens with zero attached hydrogens (tertiary/aromatic N) is 1. The Morgan fingerprint density at radius 3 is 2.33 bits per heavy atom. The molecule has 0 saturated heterocycles. The van der Waals surface area contributed by atoms with Crippen LogP contribution in [0.5, 0.6) is 0 Å². The molecule has 18 heavy (non-hydrogen) atoms. The molecule has 4 heteroatoms. The number of hydrogen-bond donors (Lipinski definition) is 0. The average molecular weight is 255 g/mol. The zero-order chi connectivity index (χ0) is 13.8. The summed E-state index contributed by atoms with van der Waals surface area (Å²) in [4.78, 5) is 24.7. The molecule has 1 amide bonds. The highest BCUT2D eigenvalue weighted by Crippen LogP contribution is 2.31. The van der Waals surface area contributed by atoms with E-state index < -0.39 is 5.60 Å². The van der Waals surface area contributed by atoms with E-state index in [1.807, 2.05) is 20.8 Å². The van der Waals surface area contributed by atoms with E-state index >= 15 is 0 Å². The first kappa shape index (κ1) is 15.0. The molecule has 1 fully saturated rings. The number of unbranched alkanes of at least 4 members (excludes halogenated alkanes) is 1. The molecular weight excluding hydrogens is 230 g/mol. The fourth-order valence-electron chi connectivity index (χ4n) is 1.69. The highest BCUT2D eigenvalue weighted by molar-refractivity contribution is 5.83. The lowest BCUT2D eigenvalue weighted by molar-refractivity contribution is -0.120. The van der Waals surface area contributed by atoms with Crippen molar-refractivity contribution in [3.05, 3.63) is 0 Å². The van der Waals surface area contributed by atoms with Crippen LogP contribution in [0.2, 0.25) is 0 Å². The fraction of sp³-hybridized carbons (Fsp3) is 0.857. The number of ketones is 1. The van der Waals surface area contributed by atoms with Crippen LogP contribution in [0, 0.1) is 5.92 Å². The van der Waals surface area contributed by atoms with E-state index in [2.05, 4.69) is 0 Å². The first-order chi connectivity index (χ1) is 8.29. The molecule has 0 bridgehead atoms. The first-order valence-corrected chi connectivity index (χ1v) is 6.76. The topological polar surface area (TPSA) is 46.6 Å². The Morgan fingerprint density at radius 2 is 1.83 bits per heavy atom. The van der Waals surface area contributed by atoms with Crippen molar-refractivity contribution in [1.29, 1.82) is 0 Å². The van der Waals surface area contributed by atoms with Gasteiger partial charge in [-0.25, -0.2) is 4.79 Å². The number of ether oxygens (including phenoxy) is 1. The monoisotopic (exact) mass is 255 g/mol. The van der Waals surface area contributed by atoms with E-state index in [0.29, 0.717) is 24.7 Å². The predicted molar refractivity (Wildman–Crippen MR) is 70.4 cm³/mol. The Labute approximate surface area is 110 Å². The second-order valence-electron chi connectivity index (χ2n) is 6.10. The van der Waals surface area contributed by atoms with Crippen molar-refractivity contribution in [2.45, 2.75) is 58.5 Å². The van der Waals surface area contributed by atoms with Gasteiger partial charge in [0, 0.05) is 25.9 Å². The first-order valence-electron chi connectivity index (χ1n) is 6.76. The minimum absolute atomic E-state index is 0.295. The SMILES string of the molecule is CN(CCCCC(=O)C1CC1)C(=O)OC(C)(C)C. The van der Waals surface area contributed by atoms with Gasteiger partial charge in [0.15, 0.2) is 0 Å². The molecule has 0 N–H and O–H groups in total. The lowest BCUT2D eigenvalue weighted by Crippen LogP contribution is -2.34. The summed E-state index contributed by atoms with van der Waals surface area (Å²) in [6, 6.07) is 0. The van der Waals surface area contributed by atoms with Crippen LogP contribution in [-0.2, 0) is 9.53 Å². The van der Waals surface area contributed by atoms with Crippen LogP contribution in [0.4, 0.5) is 4.79 Å². The molecule has 0 aliphatic heterocycles. The van der Waals surface area contributed by atoms with Gasteiger partial charge in [0.2, 0.25) is 0 Å². The normalized spacial score (nSPS) is 15.3. The summed E-state index contributed by atoms with van der Waals surface area (Å²) < 4.78 is 5.25. The van der Waals surface area contributed by atoms with Crippen LogP contribution >= 0.6 is 0 Å². The summed E-state index contributed by atoms with van der Waals surface area (Å²) in [6.07, 6.45) is 4.24. The molecule has 0 unspecified atom stereocenters. The fourth-order valence-corrected chi connectivity index (χ4v) is 1.69. The minimum atomic E-state index is -0.451. The summed E-state index contributed by atoms with van der Waals surface area (Å²) in [5, 5.41) is 0. The highest BCUT2D eigenvalue weighted by Gasteiger charge is 2.28. The van der Waals surface area contributed by atoms with Gasteiger partial charge < -0.3 is 9.64 Å². The Kier molecular flexibility index (Phi) is 5.17. The van der Waals surface area contributed by atoms with Crippen LogP contribution < -0.4 is 0 Å². The number of amides is 1. The number of carbonyl (C=O) groups excluding carboxylic acids is 2. The van der Waals surface area contributed by atoms with Crippen LogP contribution in [-0.4, -0.2) is 36.0 Å². The lowest BCUT2D eigenvalue weighted by atomic mass is 10.1. The van der Waals surface area contributed by atoms with Crippen molar-refractivity contribution in [3.63, 3.8) is 0 Å². The molecule has 0 spiro atoms. The van der Waals surface area contributed by atoms with E-state index in [1.54, 1.807) is 11.9 Å². The van der Waals surface area contributed by atoms with Crippen LogP contribution in [0.25, 0.3) is 0 Å². The second-order valence-corrected chi connectivity index (χ2v) is 6.10. The molecule has 0 atom stereocenters. The van der Waals surface area contributed by atoms with E-state index in [9.17, 15) is 9.59 Å². The van der Waals surface area contributed by atoms with Crippen molar-refractivity contribution in [1.82, 2.24) is 4.90 Å². The molecule has 0 radical (unpaired) electrons. The molecule has 4 nitrogen and oxygen atoms in total. The molecule has 1 rings (SSSR count). The van der Waals surface area contributed by atoms with Gasteiger partial charge in [0.1, 0.15) is 11.4 Å². The third-order valence-electron chi connectivity index (χ3n) is 2.90. The Hall–Kier alpha value is -1.06. The molecule has 0 aromatic carbocycles. The summed E-state index contributed by atoms with van der Waals surface area (Å²) in [5.74, 6) is 0.753. The maximum Gasteiger partial charge on any atom is 0.410 e. The van der Waals surface area contributed by atoms with E-state index in [4.69, 9.17) is 4.74 Å². The zero-order valence-corrected chi connectivity index (χ0v) is 12.0. The standard InChI is InChI=1S/C14H25NO3/c1-14(2,3)18-13(17)15(4)10-6-5-7-12(16)11-8-9-11/h11H,5-10H2,1-4H3. The van der Waals surface area contributed by atoms with Crippen molar-refractivity contribution in [2.24, 2.45) is 5.92 Å². The number of rotatable bonds is 6. The Morgan fingerprint density at radius 1 is 1.22 bits per heavy atom. The van der Waals surface area contributed by atoms with Crippen molar-refractivity contribution in [2.75, 3.05) is 13.6 Å². The number of hydrogen-bond acceptors (Lipinski definition) is 3. The van der Waals surface area contributed by atoms with E-state index in [1.165, 1.54) is 0 Å². The predicted octanol–water partition coefficient (Wildman–Crippen LogP) is 3.00. The minimum Gasteiger partial charge on any atom is -0.444 e. The summed E-state index contributed by atoms with van der Waals surface area (Å²) >= 11 is 0. The third kappa shape index (κ3) is 6.03. The quantitative estimate of drug-likeness (QED) is 0.685. The summed E-state index contributed by atoms with van der Waals surface area (Å²) in [5.41, 5.74) is -0.451. The summed E-state index contributed by atoms with van der Waals surface area (Å²) in [7, 11) is 1.73. The van der Waals surface area contributed by atoms with Gasteiger partial charge in [0.05, 0.1) is 0 Å². The van der Waals surface area contributed by atoms with Gasteiger partial charge in [-0.3, -0.25) is 4.79 Å². The molecule has 0 aromatic heterocycles. The molecular formula is C14H25NO3. The molecule has 1 aliphatic carbocycles.